The lowest BCUT2D eigenvalue weighted by Crippen LogP contribution is -2.24. The van der Waals surface area contributed by atoms with Crippen molar-refractivity contribution in [1.82, 2.24) is 15.0 Å². The first-order valence-electron chi connectivity index (χ1n) is 5.23. The number of benzene rings is 1. The summed E-state index contributed by atoms with van der Waals surface area (Å²) in [6, 6.07) is 6.93. The van der Waals surface area contributed by atoms with Crippen LogP contribution < -0.4 is 5.56 Å². The van der Waals surface area contributed by atoms with Crippen molar-refractivity contribution in [3.8, 4) is 0 Å². The van der Waals surface area contributed by atoms with Crippen molar-refractivity contribution in [2.45, 2.75) is 19.4 Å². The average molecular weight is 233 g/mol. The molecule has 88 valence electrons. The minimum Gasteiger partial charge on any atom is -0.481 e. The van der Waals surface area contributed by atoms with E-state index in [0.717, 1.165) is 0 Å². The van der Waals surface area contributed by atoms with E-state index in [1.54, 1.807) is 24.3 Å². The molecule has 17 heavy (non-hydrogen) atoms. The molecule has 0 bridgehead atoms. The Morgan fingerprint density at radius 1 is 1.35 bits per heavy atom. The predicted octanol–water partition coefficient (Wildman–Crippen LogP) is 0.656. The van der Waals surface area contributed by atoms with E-state index in [1.807, 2.05) is 0 Å². The summed E-state index contributed by atoms with van der Waals surface area (Å²) in [7, 11) is 0. The van der Waals surface area contributed by atoms with Crippen LogP contribution in [0.3, 0.4) is 0 Å². The molecule has 1 N–H and O–H groups in total. The molecule has 1 aromatic carbocycles. The highest BCUT2D eigenvalue weighted by Crippen LogP contribution is 2.03. The van der Waals surface area contributed by atoms with Gasteiger partial charge in [-0.15, -0.1) is 5.10 Å². The zero-order valence-electron chi connectivity index (χ0n) is 9.04. The van der Waals surface area contributed by atoms with Crippen LogP contribution in [0.4, 0.5) is 0 Å². The van der Waals surface area contributed by atoms with Gasteiger partial charge in [-0.2, -0.15) is 0 Å². The zero-order chi connectivity index (χ0) is 12.3. The normalized spacial score (nSPS) is 10.6. The average Bonchev–Trinajstić information content (AvgIpc) is 2.32. The Morgan fingerprint density at radius 3 is 2.88 bits per heavy atom. The summed E-state index contributed by atoms with van der Waals surface area (Å²) in [6.07, 6.45) is 0.378. The van der Waals surface area contributed by atoms with Crippen molar-refractivity contribution in [3.05, 3.63) is 34.6 Å². The van der Waals surface area contributed by atoms with Gasteiger partial charge < -0.3 is 5.11 Å². The van der Waals surface area contributed by atoms with Gasteiger partial charge in [0.05, 0.1) is 5.39 Å². The van der Waals surface area contributed by atoms with Gasteiger partial charge in [0.25, 0.3) is 5.56 Å². The van der Waals surface area contributed by atoms with Gasteiger partial charge in [-0.1, -0.05) is 17.3 Å². The molecule has 0 atom stereocenters. The lowest BCUT2D eigenvalue weighted by molar-refractivity contribution is -0.137. The number of rotatable bonds is 4. The zero-order valence-corrected chi connectivity index (χ0v) is 9.04. The summed E-state index contributed by atoms with van der Waals surface area (Å²) in [5.74, 6) is -0.883. The van der Waals surface area contributed by atoms with Crippen LogP contribution in [0, 0.1) is 0 Å². The Labute approximate surface area is 96.5 Å². The summed E-state index contributed by atoms with van der Waals surface area (Å²) in [5, 5.41) is 16.7. The molecule has 0 fully saturated rings. The van der Waals surface area contributed by atoms with Crippen molar-refractivity contribution in [1.29, 1.82) is 0 Å². The quantitative estimate of drug-likeness (QED) is 0.838. The monoisotopic (exact) mass is 233 g/mol. The molecular weight excluding hydrogens is 222 g/mol. The largest absolute Gasteiger partial charge is 0.481 e. The van der Waals surface area contributed by atoms with Crippen molar-refractivity contribution in [3.63, 3.8) is 0 Å². The third kappa shape index (κ3) is 2.47. The van der Waals surface area contributed by atoms with Crippen LogP contribution in [0.5, 0.6) is 0 Å². The van der Waals surface area contributed by atoms with E-state index in [1.165, 1.54) is 4.68 Å². The minimum absolute atomic E-state index is 0.0148. The second-order valence-electron chi connectivity index (χ2n) is 3.63. The van der Waals surface area contributed by atoms with E-state index in [9.17, 15) is 9.59 Å². The summed E-state index contributed by atoms with van der Waals surface area (Å²) in [5.41, 5.74) is 0.313. The summed E-state index contributed by atoms with van der Waals surface area (Å²) in [4.78, 5) is 22.3. The maximum absolute atomic E-state index is 11.9. The van der Waals surface area contributed by atoms with Crippen LogP contribution >= 0.6 is 0 Å². The third-order valence-corrected chi connectivity index (χ3v) is 2.39. The molecule has 6 nitrogen and oxygen atoms in total. The van der Waals surface area contributed by atoms with E-state index in [2.05, 4.69) is 10.3 Å². The molecule has 0 saturated heterocycles. The number of aliphatic carboxylic acids is 1. The highest BCUT2D eigenvalue weighted by molar-refractivity contribution is 5.76. The number of carboxylic acids is 1. The van der Waals surface area contributed by atoms with Gasteiger partial charge >= 0.3 is 5.97 Å². The number of carbonyl (C=O) groups is 1. The molecule has 1 heterocycles. The molecule has 2 rings (SSSR count). The number of nitrogens with zero attached hydrogens (tertiary/aromatic N) is 3. The molecule has 0 radical (unpaired) electrons. The van der Waals surface area contributed by atoms with Crippen molar-refractivity contribution in [2.75, 3.05) is 0 Å². The Hall–Kier alpha value is -2.24. The summed E-state index contributed by atoms with van der Waals surface area (Å²) < 4.78 is 1.20. The Bertz CT molecular complexity index is 606. The number of hydrogen-bond acceptors (Lipinski definition) is 4. The highest BCUT2D eigenvalue weighted by Gasteiger charge is 2.05. The number of hydrogen-bond donors (Lipinski definition) is 1. The van der Waals surface area contributed by atoms with E-state index < -0.39 is 5.97 Å². The molecule has 0 aliphatic heterocycles. The van der Waals surface area contributed by atoms with Crippen LogP contribution in [0.25, 0.3) is 10.9 Å². The second kappa shape index (κ2) is 4.73. The number of carboxylic acid groups (broad SMARTS) is 1. The lowest BCUT2D eigenvalue weighted by Gasteiger charge is -2.03. The Kier molecular flexibility index (Phi) is 3.13. The maximum atomic E-state index is 11.9. The molecule has 0 unspecified atom stereocenters. The molecule has 2 aromatic rings. The van der Waals surface area contributed by atoms with Gasteiger partial charge in [0.15, 0.2) is 0 Å². The maximum Gasteiger partial charge on any atom is 0.303 e. The first kappa shape index (κ1) is 11.3. The first-order chi connectivity index (χ1) is 8.18. The fraction of sp³-hybridized carbons (Fsp3) is 0.273. The minimum atomic E-state index is -0.883. The van der Waals surface area contributed by atoms with Crippen LogP contribution in [-0.2, 0) is 11.3 Å². The van der Waals surface area contributed by atoms with Gasteiger partial charge in [-0.25, -0.2) is 4.68 Å². The van der Waals surface area contributed by atoms with Gasteiger partial charge in [0.1, 0.15) is 5.52 Å². The SMILES string of the molecule is O=C(O)CCCn1nnc2ccccc2c1=O. The first-order valence-corrected chi connectivity index (χ1v) is 5.23. The molecule has 0 spiro atoms. The number of fused-ring (bicyclic) bond motifs is 1. The van der Waals surface area contributed by atoms with Crippen molar-refractivity contribution < 1.29 is 9.90 Å². The molecule has 1 aromatic heterocycles. The Balaban J connectivity index is 2.27. The van der Waals surface area contributed by atoms with Gasteiger partial charge in [-0.3, -0.25) is 9.59 Å². The lowest BCUT2D eigenvalue weighted by atomic mass is 10.2. The molecule has 0 aliphatic carbocycles. The summed E-state index contributed by atoms with van der Waals surface area (Å²) >= 11 is 0. The molecule has 0 amide bonds. The van der Waals surface area contributed by atoms with Crippen LogP contribution in [0.2, 0.25) is 0 Å². The highest BCUT2D eigenvalue weighted by atomic mass is 16.4. The Morgan fingerprint density at radius 2 is 2.12 bits per heavy atom. The topological polar surface area (TPSA) is 85.1 Å². The van der Waals surface area contributed by atoms with E-state index >= 15 is 0 Å². The standard InChI is InChI=1S/C11H11N3O3/c15-10(16)6-3-7-14-11(17)8-4-1-2-5-9(8)12-13-14/h1-2,4-5H,3,6-7H2,(H,15,16). The molecule has 0 aliphatic rings. The summed E-state index contributed by atoms with van der Waals surface area (Å²) in [6.45, 7) is 0.267. The molecule has 6 heteroatoms. The van der Waals surface area contributed by atoms with Crippen LogP contribution in [-0.4, -0.2) is 26.1 Å². The van der Waals surface area contributed by atoms with Gasteiger partial charge in [0, 0.05) is 13.0 Å². The van der Waals surface area contributed by atoms with Crippen LogP contribution in [0.1, 0.15) is 12.8 Å². The fourth-order valence-electron chi connectivity index (χ4n) is 1.55. The third-order valence-electron chi connectivity index (χ3n) is 2.39. The second-order valence-corrected chi connectivity index (χ2v) is 3.63. The van der Waals surface area contributed by atoms with Crippen molar-refractivity contribution >= 4 is 16.9 Å². The van der Waals surface area contributed by atoms with E-state index in [4.69, 9.17) is 5.11 Å². The fourth-order valence-corrected chi connectivity index (χ4v) is 1.55. The predicted molar refractivity (Wildman–Crippen MR) is 60.7 cm³/mol. The van der Waals surface area contributed by atoms with E-state index in [0.29, 0.717) is 17.3 Å². The van der Waals surface area contributed by atoms with E-state index in [-0.39, 0.29) is 18.5 Å². The van der Waals surface area contributed by atoms with Crippen LogP contribution in [0.15, 0.2) is 29.1 Å². The smallest absolute Gasteiger partial charge is 0.303 e. The number of aryl methyl sites for hydroxylation is 1. The van der Waals surface area contributed by atoms with Crippen molar-refractivity contribution in [2.24, 2.45) is 0 Å². The molecule has 0 saturated carbocycles. The molecular formula is C11H11N3O3. The van der Waals surface area contributed by atoms with Gasteiger partial charge in [0.2, 0.25) is 0 Å². The number of aromatic nitrogens is 3. The van der Waals surface area contributed by atoms with Gasteiger partial charge in [-0.05, 0) is 18.6 Å².